The second-order valence-corrected chi connectivity index (χ2v) is 4.98. The Labute approximate surface area is 95.2 Å². The Morgan fingerprint density at radius 1 is 1.40 bits per heavy atom. The summed E-state index contributed by atoms with van der Waals surface area (Å²) in [6, 6.07) is 7.48. The molecule has 2 aliphatic heterocycles. The molecule has 1 aromatic carbocycles. The van der Waals surface area contributed by atoms with Crippen molar-refractivity contribution in [3.05, 3.63) is 28.8 Å². The molecular formula is C12H15ClN2. The zero-order valence-electron chi connectivity index (χ0n) is 8.83. The van der Waals surface area contributed by atoms with E-state index < -0.39 is 0 Å². The highest BCUT2D eigenvalue weighted by molar-refractivity contribution is 6.30. The summed E-state index contributed by atoms with van der Waals surface area (Å²) in [5, 5.41) is 4.33. The molecule has 80 valence electrons. The van der Waals surface area contributed by atoms with E-state index in [4.69, 9.17) is 11.6 Å². The molecule has 0 spiro atoms. The van der Waals surface area contributed by atoms with E-state index in [0.717, 1.165) is 24.5 Å². The highest BCUT2D eigenvalue weighted by Gasteiger charge is 2.34. The average Bonchev–Trinajstić information content (AvgIpc) is 2.57. The molecule has 0 aliphatic carbocycles. The molecule has 3 rings (SSSR count). The topological polar surface area (TPSA) is 15.3 Å². The van der Waals surface area contributed by atoms with Gasteiger partial charge >= 0.3 is 0 Å². The molecule has 1 fully saturated rings. The Kier molecular flexibility index (Phi) is 2.15. The lowest BCUT2D eigenvalue weighted by Gasteiger charge is -2.38. The zero-order chi connectivity index (χ0) is 10.4. The Balaban J connectivity index is 2.04. The van der Waals surface area contributed by atoms with Gasteiger partial charge in [0.15, 0.2) is 0 Å². The summed E-state index contributed by atoms with van der Waals surface area (Å²) in [4.78, 5) is 2.53. The lowest BCUT2D eigenvalue weighted by molar-refractivity contribution is 0.430. The van der Waals surface area contributed by atoms with Crippen LogP contribution in [0.2, 0.25) is 5.02 Å². The largest absolute Gasteiger partial charge is 0.363 e. The molecule has 0 saturated carbocycles. The Bertz CT molecular complexity index is 391. The molecule has 1 aromatic rings. The number of piperazine rings is 1. The number of hydrogen-bond donors (Lipinski definition) is 1. The summed E-state index contributed by atoms with van der Waals surface area (Å²) in [6.07, 6.45) is 1.16. The van der Waals surface area contributed by atoms with Crippen molar-refractivity contribution in [3.63, 3.8) is 0 Å². The highest BCUT2D eigenvalue weighted by atomic mass is 35.5. The predicted molar refractivity (Wildman–Crippen MR) is 63.8 cm³/mol. The predicted octanol–water partition coefficient (Wildman–Crippen LogP) is 2.06. The summed E-state index contributed by atoms with van der Waals surface area (Å²) in [5.41, 5.74) is 2.79. The first-order valence-electron chi connectivity index (χ1n) is 5.53. The average molecular weight is 223 g/mol. The van der Waals surface area contributed by atoms with Crippen LogP contribution in [0.3, 0.4) is 0 Å². The molecule has 2 atom stereocenters. The third-order valence-electron chi connectivity index (χ3n) is 3.47. The number of rotatable bonds is 0. The highest BCUT2D eigenvalue weighted by Crippen LogP contribution is 2.36. The molecule has 0 bridgehead atoms. The molecule has 2 nitrogen and oxygen atoms in total. The molecule has 3 heteroatoms. The second-order valence-electron chi connectivity index (χ2n) is 4.55. The maximum Gasteiger partial charge on any atom is 0.0459 e. The lowest BCUT2D eigenvalue weighted by atomic mass is 10.1. The zero-order valence-corrected chi connectivity index (χ0v) is 9.59. The maximum absolute atomic E-state index is 6.06. The van der Waals surface area contributed by atoms with Gasteiger partial charge in [-0.15, -0.1) is 0 Å². The van der Waals surface area contributed by atoms with E-state index in [0.29, 0.717) is 12.1 Å². The number of halogens is 1. The van der Waals surface area contributed by atoms with E-state index in [9.17, 15) is 0 Å². The smallest absolute Gasteiger partial charge is 0.0459 e. The second kappa shape index (κ2) is 3.39. The van der Waals surface area contributed by atoms with Gasteiger partial charge in [-0.05, 0) is 31.0 Å². The number of nitrogens with zero attached hydrogens (tertiary/aromatic N) is 1. The number of benzene rings is 1. The number of hydrogen-bond acceptors (Lipinski definition) is 2. The van der Waals surface area contributed by atoms with Crippen molar-refractivity contribution in [3.8, 4) is 0 Å². The number of nitrogens with one attached hydrogen (secondary N) is 1. The van der Waals surface area contributed by atoms with Gasteiger partial charge in [0.2, 0.25) is 0 Å². The van der Waals surface area contributed by atoms with Gasteiger partial charge in [-0.1, -0.05) is 17.7 Å². The normalized spacial score (nSPS) is 28.8. The molecular weight excluding hydrogens is 208 g/mol. The number of anilines is 1. The van der Waals surface area contributed by atoms with Crippen molar-refractivity contribution in [2.45, 2.75) is 25.4 Å². The van der Waals surface area contributed by atoms with Crippen molar-refractivity contribution in [2.24, 2.45) is 0 Å². The number of fused-ring (bicyclic) bond motifs is 3. The first kappa shape index (κ1) is 9.49. The van der Waals surface area contributed by atoms with Crippen LogP contribution in [0, 0.1) is 0 Å². The van der Waals surface area contributed by atoms with E-state index in [1.807, 2.05) is 6.07 Å². The van der Waals surface area contributed by atoms with Crippen LogP contribution in [0.25, 0.3) is 0 Å². The van der Waals surface area contributed by atoms with E-state index in [1.165, 1.54) is 11.3 Å². The SMILES string of the molecule is CC1CNC[C@H]2Cc3ccc(Cl)cc3N12. The van der Waals surface area contributed by atoms with Gasteiger partial charge in [-0.2, -0.15) is 0 Å². The van der Waals surface area contributed by atoms with E-state index in [1.54, 1.807) is 0 Å². The Morgan fingerprint density at radius 3 is 3.13 bits per heavy atom. The lowest BCUT2D eigenvalue weighted by Crippen LogP contribution is -2.54. The maximum atomic E-state index is 6.06. The van der Waals surface area contributed by atoms with Crippen LogP contribution in [0.4, 0.5) is 5.69 Å². The fourth-order valence-electron chi connectivity index (χ4n) is 2.82. The Hall–Kier alpha value is -0.730. The molecule has 15 heavy (non-hydrogen) atoms. The fourth-order valence-corrected chi connectivity index (χ4v) is 2.99. The molecule has 1 unspecified atom stereocenters. The quantitative estimate of drug-likeness (QED) is 0.723. The molecule has 0 aromatic heterocycles. The van der Waals surface area contributed by atoms with E-state index in [-0.39, 0.29) is 0 Å². The first-order chi connectivity index (χ1) is 7.25. The van der Waals surface area contributed by atoms with Crippen molar-refractivity contribution < 1.29 is 0 Å². The monoisotopic (exact) mass is 222 g/mol. The van der Waals surface area contributed by atoms with Gasteiger partial charge in [0, 0.05) is 35.9 Å². The third-order valence-corrected chi connectivity index (χ3v) is 3.70. The van der Waals surface area contributed by atoms with Gasteiger partial charge in [0.05, 0.1) is 0 Å². The van der Waals surface area contributed by atoms with Gasteiger partial charge in [0.1, 0.15) is 0 Å². The summed E-state index contributed by atoms with van der Waals surface area (Å²) in [5.74, 6) is 0. The van der Waals surface area contributed by atoms with Crippen molar-refractivity contribution >= 4 is 17.3 Å². The van der Waals surface area contributed by atoms with E-state index >= 15 is 0 Å². The van der Waals surface area contributed by atoms with Crippen LogP contribution in [0.5, 0.6) is 0 Å². The van der Waals surface area contributed by atoms with Gasteiger partial charge in [0.25, 0.3) is 0 Å². The van der Waals surface area contributed by atoms with Crippen LogP contribution in [-0.2, 0) is 6.42 Å². The molecule has 2 aliphatic rings. The summed E-state index contributed by atoms with van der Waals surface area (Å²) >= 11 is 6.06. The van der Waals surface area contributed by atoms with Gasteiger partial charge in [-0.3, -0.25) is 0 Å². The molecule has 2 heterocycles. The van der Waals surface area contributed by atoms with Gasteiger partial charge in [-0.25, -0.2) is 0 Å². The van der Waals surface area contributed by atoms with Crippen molar-refractivity contribution in [1.82, 2.24) is 5.32 Å². The third kappa shape index (κ3) is 1.44. The molecule has 1 saturated heterocycles. The standard InChI is InChI=1S/C12H15ClN2/c1-8-6-14-7-11-4-9-2-3-10(13)5-12(9)15(8)11/h2-3,5,8,11,14H,4,6-7H2,1H3/t8?,11-/m1/s1. The van der Waals surface area contributed by atoms with Crippen LogP contribution in [0.15, 0.2) is 18.2 Å². The summed E-state index contributed by atoms with van der Waals surface area (Å²) in [7, 11) is 0. The Morgan fingerprint density at radius 2 is 2.27 bits per heavy atom. The molecule has 0 amide bonds. The van der Waals surface area contributed by atoms with Crippen molar-refractivity contribution in [1.29, 1.82) is 0 Å². The fraction of sp³-hybridized carbons (Fsp3) is 0.500. The molecule has 0 radical (unpaired) electrons. The molecule has 1 N–H and O–H groups in total. The van der Waals surface area contributed by atoms with Crippen LogP contribution in [-0.4, -0.2) is 25.2 Å². The van der Waals surface area contributed by atoms with Crippen LogP contribution < -0.4 is 10.2 Å². The van der Waals surface area contributed by atoms with Gasteiger partial charge < -0.3 is 10.2 Å². The first-order valence-corrected chi connectivity index (χ1v) is 5.91. The minimum atomic E-state index is 0.573. The van der Waals surface area contributed by atoms with Crippen LogP contribution in [0.1, 0.15) is 12.5 Å². The van der Waals surface area contributed by atoms with E-state index in [2.05, 4.69) is 29.3 Å². The summed E-state index contributed by atoms with van der Waals surface area (Å²) < 4.78 is 0. The van der Waals surface area contributed by atoms with Crippen molar-refractivity contribution in [2.75, 3.05) is 18.0 Å². The van der Waals surface area contributed by atoms with Crippen LogP contribution >= 0.6 is 11.6 Å². The summed E-state index contributed by atoms with van der Waals surface area (Å²) in [6.45, 7) is 4.44. The minimum Gasteiger partial charge on any atom is -0.363 e. The minimum absolute atomic E-state index is 0.573.